The largest absolute Gasteiger partial charge is 0.336 e. The van der Waals surface area contributed by atoms with E-state index >= 15 is 0 Å². The average Bonchev–Trinajstić information content (AvgIpc) is 3.02. The Bertz CT molecular complexity index is 795. The third-order valence-electron chi connectivity index (χ3n) is 4.73. The number of hydrogen-bond acceptors (Lipinski definition) is 6. The van der Waals surface area contributed by atoms with Crippen molar-refractivity contribution in [2.24, 2.45) is 5.92 Å². The molecule has 7 nitrogen and oxygen atoms in total. The lowest BCUT2D eigenvalue weighted by atomic mass is 9.95. The molecule has 0 amide bonds. The second kappa shape index (κ2) is 7.16. The minimum absolute atomic E-state index is 0.224. The molecule has 8 heteroatoms. The summed E-state index contributed by atoms with van der Waals surface area (Å²) in [6.45, 7) is 4.07. The van der Waals surface area contributed by atoms with Crippen LogP contribution in [0.25, 0.3) is 11.1 Å². The van der Waals surface area contributed by atoms with Gasteiger partial charge >= 0.3 is 0 Å². The van der Waals surface area contributed by atoms with Crippen LogP contribution in [0.2, 0.25) is 0 Å². The molecule has 132 valence electrons. The van der Waals surface area contributed by atoms with E-state index in [4.69, 9.17) is 4.52 Å². The van der Waals surface area contributed by atoms with Gasteiger partial charge < -0.3 is 9.84 Å². The molecule has 0 radical (unpaired) electrons. The Hall–Kier alpha value is -1.51. The summed E-state index contributed by atoms with van der Waals surface area (Å²) in [6.07, 6.45) is 4.96. The first-order chi connectivity index (χ1) is 11.6. The van der Waals surface area contributed by atoms with Gasteiger partial charge in [-0.1, -0.05) is 12.1 Å². The van der Waals surface area contributed by atoms with E-state index in [1.807, 2.05) is 14.0 Å². The molecule has 0 unspecified atom stereocenters. The van der Waals surface area contributed by atoms with E-state index in [2.05, 4.69) is 15.5 Å². The highest BCUT2D eigenvalue weighted by molar-refractivity contribution is 7.89. The van der Waals surface area contributed by atoms with E-state index in [-0.39, 0.29) is 4.90 Å². The number of sulfonamides is 1. The van der Waals surface area contributed by atoms with Crippen molar-refractivity contribution in [1.29, 1.82) is 0 Å². The maximum Gasteiger partial charge on any atom is 0.258 e. The molecule has 0 aromatic carbocycles. The number of rotatable bonds is 6. The molecule has 2 aromatic heterocycles. The summed E-state index contributed by atoms with van der Waals surface area (Å²) in [6, 6.07) is 1.64. The third kappa shape index (κ3) is 3.31. The van der Waals surface area contributed by atoms with Crippen molar-refractivity contribution in [2.45, 2.75) is 37.5 Å². The second-order valence-corrected chi connectivity index (χ2v) is 8.18. The quantitative estimate of drug-likeness (QED) is 0.853. The summed E-state index contributed by atoms with van der Waals surface area (Å²) in [5, 5.41) is 7.77. The van der Waals surface area contributed by atoms with E-state index in [0.29, 0.717) is 36.5 Å². The van der Waals surface area contributed by atoms with Crippen molar-refractivity contribution in [3.63, 3.8) is 0 Å². The highest BCUT2D eigenvalue weighted by atomic mass is 32.2. The highest BCUT2D eigenvalue weighted by Gasteiger charge is 2.30. The highest BCUT2D eigenvalue weighted by Crippen LogP contribution is 2.27. The Balaban J connectivity index is 1.78. The van der Waals surface area contributed by atoms with Gasteiger partial charge in [0.05, 0.1) is 17.3 Å². The number of piperidine rings is 1. The molecule has 1 aliphatic rings. The van der Waals surface area contributed by atoms with Gasteiger partial charge in [0.15, 0.2) is 0 Å². The molecule has 1 aliphatic heterocycles. The van der Waals surface area contributed by atoms with Gasteiger partial charge in [-0.15, -0.1) is 0 Å². The SMILES string of the molecule is CCc1noc2ncc(S(=O)(=O)N3CCC(CCNC)CC3)cc12. The van der Waals surface area contributed by atoms with Crippen LogP contribution in [-0.2, 0) is 16.4 Å². The van der Waals surface area contributed by atoms with Crippen LogP contribution in [0.5, 0.6) is 0 Å². The van der Waals surface area contributed by atoms with Crippen LogP contribution in [-0.4, -0.2) is 49.5 Å². The predicted molar refractivity (Wildman–Crippen MR) is 91.2 cm³/mol. The van der Waals surface area contributed by atoms with Crippen LogP contribution < -0.4 is 5.32 Å². The van der Waals surface area contributed by atoms with E-state index in [1.54, 1.807) is 10.4 Å². The van der Waals surface area contributed by atoms with Crippen molar-refractivity contribution in [3.8, 4) is 0 Å². The molecule has 2 aromatic rings. The standard InChI is InChI=1S/C16H24N4O3S/c1-3-15-14-10-13(11-18-16(14)23-19-15)24(21,22)20-8-5-12(6-9-20)4-7-17-2/h10-12,17H,3-9H2,1-2H3. The maximum absolute atomic E-state index is 12.9. The monoisotopic (exact) mass is 352 g/mol. The van der Waals surface area contributed by atoms with Gasteiger partial charge in [-0.2, -0.15) is 4.31 Å². The van der Waals surface area contributed by atoms with Gasteiger partial charge in [0.1, 0.15) is 4.90 Å². The summed E-state index contributed by atoms with van der Waals surface area (Å²) < 4.78 is 32.5. The van der Waals surface area contributed by atoms with E-state index < -0.39 is 10.0 Å². The Kier molecular flexibility index (Phi) is 5.17. The summed E-state index contributed by atoms with van der Waals surface area (Å²) in [7, 11) is -1.57. The Morgan fingerprint density at radius 3 is 2.79 bits per heavy atom. The number of fused-ring (bicyclic) bond motifs is 1. The van der Waals surface area contributed by atoms with E-state index in [0.717, 1.165) is 31.5 Å². The van der Waals surface area contributed by atoms with Gasteiger partial charge in [-0.3, -0.25) is 0 Å². The van der Waals surface area contributed by atoms with Gasteiger partial charge in [-0.05, 0) is 51.3 Å². The molecule has 0 atom stereocenters. The van der Waals surface area contributed by atoms with Crippen LogP contribution >= 0.6 is 0 Å². The summed E-state index contributed by atoms with van der Waals surface area (Å²) in [5.74, 6) is 0.592. The minimum Gasteiger partial charge on any atom is -0.336 e. The Morgan fingerprint density at radius 2 is 2.12 bits per heavy atom. The average molecular weight is 352 g/mol. The van der Waals surface area contributed by atoms with Crippen LogP contribution in [0.15, 0.2) is 21.7 Å². The Labute approximate surface area is 142 Å². The lowest BCUT2D eigenvalue weighted by Crippen LogP contribution is -2.38. The van der Waals surface area contributed by atoms with Crippen LogP contribution in [0, 0.1) is 5.92 Å². The van der Waals surface area contributed by atoms with E-state index in [9.17, 15) is 8.42 Å². The number of nitrogens with zero attached hydrogens (tertiary/aromatic N) is 3. The number of aryl methyl sites for hydroxylation is 1. The maximum atomic E-state index is 12.9. The van der Waals surface area contributed by atoms with Gasteiger partial charge in [-0.25, -0.2) is 13.4 Å². The predicted octanol–water partition coefficient (Wildman–Crippen LogP) is 1.80. The molecule has 3 heterocycles. The molecule has 0 spiro atoms. The molecular weight excluding hydrogens is 328 g/mol. The zero-order valence-electron chi connectivity index (χ0n) is 14.2. The molecule has 3 rings (SSSR count). The smallest absolute Gasteiger partial charge is 0.258 e. The first-order valence-electron chi connectivity index (χ1n) is 8.45. The van der Waals surface area contributed by atoms with E-state index in [1.165, 1.54) is 6.20 Å². The van der Waals surface area contributed by atoms with Crippen molar-refractivity contribution < 1.29 is 12.9 Å². The summed E-state index contributed by atoms with van der Waals surface area (Å²) >= 11 is 0. The van der Waals surface area contributed by atoms with Gasteiger partial charge in [0.25, 0.3) is 5.71 Å². The van der Waals surface area contributed by atoms with Crippen LogP contribution in [0.3, 0.4) is 0 Å². The third-order valence-corrected chi connectivity index (χ3v) is 6.59. The van der Waals surface area contributed by atoms with Gasteiger partial charge in [0.2, 0.25) is 10.0 Å². The molecule has 1 fully saturated rings. The second-order valence-electron chi connectivity index (χ2n) is 6.25. The number of nitrogens with one attached hydrogen (secondary N) is 1. The molecule has 1 N–H and O–H groups in total. The summed E-state index contributed by atoms with van der Waals surface area (Å²) in [5.41, 5.74) is 1.12. The zero-order valence-corrected chi connectivity index (χ0v) is 15.0. The molecule has 0 aliphatic carbocycles. The molecular formula is C16H24N4O3S. The lowest BCUT2D eigenvalue weighted by molar-refractivity contribution is 0.263. The fourth-order valence-corrected chi connectivity index (χ4v) is 4.63. The topological polar surface area (TPSA) is 88.3 Å². The number of aromatic nitrogens is 2. The lowest BCUT2D eigenvalue weighted by Gasteiger charge is -2.31. The number of pyridine rings is 1. The minimum atomic E-state index is -3.51. The first kappa shape index (κ1) is 17.3. The fourth-order valence-electron chi connectivity index (χ4n) is 3.19. The fraction of sp³-hybridized carbons (Fsp3) is 0.625. The first-order valence-corrected chi connectivity index (χ1v) is 9.89. The van der Waals surface area contributed by atoms with Crippen molar-refractivity contribution >= 4 is 21.1 Å². The number of hydrogen-bond donors (Lipinski definition) is 1. The van der Waals surface area contributed by atoms with Crippen LogP contribution in [0.4, 0.5) is 0 Å². The van der Waals surface area contributed by atoms with Crippen molar-refractivity contribution in [2.75, 3.05) is 26.7 Å². The molecule has 0 saturated carbocycles. The molecule has 1 saturated heterocycles. The normalized spacial score (nSPS) is 17.6. The molecule has 0 bridgehead atoms. The van der Waals surface area contributed by atoms with Crippen molar-refractivity contribution in [1.82, 2.24) is 19.8 Å². The zero-order chi connectivity index (χ0) is 17.2. The van der Waals surface area contributed by atoms with Crippen LogP contribution in [0.1, 0.15) is 31.9 Å². The Morgan fingerprint density at radius 1 is 1.38 bits per heavy atom. The van der Waals surface area contributed by atoms with Gasteiger partial charge in [0, 0.05) is 13.1 Å². The molecule has 24 heavy (non-hydrogen) atoms. The van der Waals surface area contributed by atoms with Crippen molar-refractivity contribution in [3.05, 3.63) is 18.0 Å². The summed E-state index contributed by atoms with van der Waals surface area (Å²) in [4.78, 5) is 4.35.